The number of nitrogens with zero attached hydrogens (tertiary/aromatic N) is 3. The molecule has 0 spiro atoms. The number of anilines is 1. The Morgan fingerprint density at radius 1 is 1.19 bits per heavy atom. The molecule has 6 heteroatoms. The maximum atomic E-state index is 12.5. The van der Waals surface area contributed by atoms with E-state index in [4.69, 9.17) is 16.3 Å². The molecule has 21 heavy (non-hydrogen) atoms. The number of rotatable bonds is 2. The number of hydrogen-bond acceptors (Lipinski definition) is 4. The molecule has 0 saturated carbocycles. The average Bonchev–Trinajstić information content (AvgIpc) is 2.56. The van der Waals surface area contributed by atoms with Gasteiger partial charge in [0.25, 0.3) is 0 Å². The molecule has 0 unspecified atom stereocenters. The molecule has 0 aliphatic carbocycles. The van der Waals surface area contributed by atoms with E-state index in [0.29, 0.717) is 24.1 Å². The second-order valence-electron chi connectivity index (χ2n) is 5.53. The highest BCUT2D eigenvalue weighted by Gasteiger charge is 2.29. The van der Waals surface area contributed by atoms with Gasteiger partial charge in [-0.2, -0.15) is 0 Å². The second-order valence-corrected chi connectivity index (χ2v) is 5.97. The zero-order chi connectivity index (χ0) is 14.7. The Labute approximate surface area is 129 Å². The molecule has 1 aromatic heterocycles. The monoisotopic (exact) mass is 309 g/mol. The molecule has 5 nitrogen and oxygen atoms in total. The van der Waals surface area contributed by atoms with Crippen molar-refractivity contribution in [3.05, 3.63) is 23.4 Å². The number of ether oxygens (including phenoxy) is 1. The van der Waals surface area contributed by atoms with E-state index in [2.05, 4.69) is 9.88 Å². The second kappa shape index (κ2) is 6.62. The quantitative estimate of drug-likeness (QED) is 0.836. The van der Waals surface area contributed by atoms with Gasteiger partial charge in [-0.25, -0.2) is 4.98 Å². The number of carbonyl (C=O) groups is 1. The molecular formula is C15H20ClN3O2. The molecule has 2 saturated heterocycles. The van der Waals surface area contributed by atoms with Crippen LogP contribution >= 0.6 is 11.6 Å². The predicted octanol–water partition coefficient (Wildman–Crippen LogP) is 1.81. The summed E-state index contributed by atoms with van der Waals surface area (Å²) in [5.41, 5.74) is 0. The first kappa shape index (κ1) is 14.6. The minimum atomic E-state index is 0.145. The van der Waals surface area contributed by atoms with Gasteiger partial charge in [-0.3, -0.25) is 4.79 Å². The molecule has 3 rings (SSSR count). The highest BCUT2D eigenvalue weighted by molar-refractivity contribution is 6.30. The third-order valence-corrected chi connectivity index (χ3v) is 4.43. The molecule has 0 atom stereocenters. The number of piperidine rings is 1. The summed E-state index contributed by atoms with van der Waals surface area (Å²) in [5, 5.41) is 0.649. The molecule has 114 valence electrons. The van der Waals surface area contributed by atoms with Crippen LogP contribution < -0.4 is 4.90 Å². The van der Waals surface area contributed by atoms with Crippen molar-refractivity contribution in [2.24, 2.45) is 5.92 Å². The largest absolute Gasteiger partial charge is 0.378 e. The normalized spacial score (nSPS) is 20.6. The lowest BCUT2D eigenvalue weighted by Gasteiger charge is -2.36. The maximum Gasteiger partial charge on any atom is 0.225 e. The molecule has 3 heterocycles. The Kier molecular flexibility index (Phi) is 4.60. The van der Waals surface area contributed by atoms with E-state index in [-0.39, 0.29) is 5.92 Å². The Morgan fingerprint density at radius 2 is 1.90 bits per heavy atom. The van der Waals surface area contributed by atoms with Crippen molar-refractivity contribution in [3.63, 3.8) is 0 Å². The summed E-state index contributed by atoms with van der Waals surface area (Å²) in [6, 6.07) is 3.79. The molecule has 1 aromatic rings. The number of aromatic nitrogens is 1. The van der Waals surface area contributed by atoms with Crippen LogP contribution in [0.25, 0.3) is 0 Å². The molecule has 2 aliphatic rings. The third kappa shape index (κ3) is 3.47. The van der Waals surface area contributed by atoms with Crippen molar-refractivity contribution >= 4 is 23.3 Å². The third-order valence-electron chi connectivity index (χ3n) is 4.20. The number of morpholine rings is 1. The number of amides is 1. The molecule has 1 amide bonds. The standard InChI is InChI=1S/C15H20ClN3O2/c16-13-1-2-14(17-11-13)18-5-3-12(4-6-18)15(20)19-7-9-21-10-8-19/h1-2,11-12H,3-10H2. The van der Waals surface area contributed by atoms with Gasteiger partial charge < -0.3 is 14.5 Å². The van der Waals surface area contributed by atoms with Crippen LogP contribution in [0.4, 0.5) is 5.82 Å². The fraction of sp³-hybridized carbons (Fsp3) is 0.600. The fourth-order valence-corrected chi connectivity index (χ4v) is 3.06. The summed E-state index contributed by atoms with van der Waals surface area (Å²) in [6.45, 7) is 4.54. The summed E-state index contributed by atoms with van der Waals surface area (Å²) >= 11 is 5.86. The summed E-state index contributed by atoms with van der Waals surface area (Å²) < 4.78 is 5.30. The van der Waals surface area contributed by atoms with E-state index >= 15 is 0 Å². The van der Waals surface area contributed by atoms with Gasteiger partial charge in [0.1, 0.15) is 5.82 Å². The van der Waals surface area contributed by atoms with Crippen LogP contribution in [0.2, 0.25) is 5.02 Å². The van der Waals surface area contributed by atoms with Crippen LogP contribution in [0.5, 0.6) is 0 Å². The maximum absolute atomic E-state index is 12.5. The van der Waals surface area contributed by atoms with Crippen LogP contribution in [0.15, 0.2) is 18.3 Å². The van der Waals surface area contributed by atoms with E-state index in [0.717, 1.165) is 44.8 Å². The summed E-state index contributed by atoms with van der Waals surface area (Å²) in [5.74, 6) is 1.38. The van der Waals surface area contributed by atoms with Crippen molar-refractivity contribution in [2.45, 2.75) is 12.8 Å². The first-order valence-corrected chi connectivity index (χ1v) is 7.85. The highest BCUT2D eigenvalue weighted by atomic mass is 35.5. The molecular weight excluding hydrogens is 290 g/mol. The van der Waals surface area contributed by atoms with Crippen molar-refractivity contribution in [3.8, 4) is 0 Å². The first-order chi connectivity index (χ1) is 10.2. The van der Waals surface area contributed by atoms with Crippen LogP contribution in [-0.2, 0) is 9.53 Å². The van der Waals surface area contributed by atoms with Gasteiger partial charge in [0.05, 0.1) is 18.2 Å². The topological polar surface area (TPSA) is 45.7 Å². The number of carbonyl (C=O) groups excluding carboxylic acids is 1. The van der Waals surface area contributed by atoms with E-state index < -0.39 is 0 Å². The van der Waals surface area contributed by atoms with Crippen LogP contribution in [-0.4, -0.2) is 55.2 Å². The van der Waals surface area contributed by atoms with Gasteiger partial charge in [0.2, 0.25) is 5.91 Å². The van der Waals surface area contributed by atoms with Crippen molar-refractivity contribution < 1.29 is 9.53 Å². The lowest BCUT2D eigenvalue weighted by atomic mass is 9.95. The molecule has 0 bridgehead atoms. The predicted molar refractivity (Wildman–Crippen MR) is 81.6 cm³/mol. The minimum absolute atomic E-state index is 0.145. The summed E-state index contributed by atoms with van der Waals surface area (Å²) in [4.78, 5) is 21.0. The van der Waals surface area contributed by atoms with Crippen molar-refractivity contribution in [1.29, 1.82) is 0 Å². The van der Waals surface area contributed by atoms with Gasteiger partial charge in [-0.1, -0.05) is 11.6 Å². The zero-order valence-corrected chi connectivity index (χ0v) is 12.8. The lowest BCUT2D eigenvalue weighted by Crippen LogP contribution is -2.46. The Morgan fingerprint density at radius 3 is 2.52 bits per heavy atom. The van der Waals surface area contributed by atoms with Crippen molar-refractivity contribution in [2.75, 3.05) is 44.3 Å². The molecule has 0 radical (unpaired) electrons. The van der Waals surface area contributed by atoms with Gasteiger partial charge in [-0.15, -0.1) is 0 Å². The van der Waals surface area contributed by atoms with Crippen LogP contribution in [0.3, 0.4) is 0 Å². The minimum Gasteiger partial charge on any atom is -0.378 e. The van der Waals surface area contributed by atoms with E-state index in [1.807, 2.05) is 17.0 Å². The molecule has 2 aliphatic heterocycles. The van der Waals surface area contributed by atoms with Crippen LogP contribution in [0.1, 0.15) is 12.8 Å². The molecule has 0 N–H and O–H groups in total. The van der Waals surface area contributed by atoms with E-state index in [9.17, 15) is 4.79 Å². The highest BCUT2D eigenvalue weighted by Crippen LogP contribution is 2.24. The summed E-state index contributed by atoms with van der Waals surface area (Å²) in [7, 11) is 0. The molecule has 2 fully saturated rings. The number of hydrogen-bond donors (Lipinski definition) is 0. The zero-order valence-electron chi connectivity index (χ0n) is 12.0. The SMILES string of the molecule is O=C(C1CCN(c2ccc(Cl)cn2)CC1)N1CCOCC1. The first-order valence-electron chi connectivity index (χ1n) is 7.47. The van der Waals surface area contributed by atoms with Crippen molar-refractivity contribution in [1.82, 2.24) is 9.88 Å². The van der Waals surface area contributed by atoms with Crippen LogP contribution in [0, 0.1) is 5.92 Å². The average molecular weight is 310 g/mol. The Bertz CT molecular complexity index is 480. The lowest BCUT2D eigenvalue weighted by molar-refractivity contribution is -0.140. The van der Waals surface area contributed by atoms with Gasteiger partial charge in [-0.05, 0) is 25.0 Å². The Balaban J connectivity index is 1.54. The van der Waals surface area contributed by atoms with E-state index in [1.165, 1.54) is 0 Å². The molecule has 0 aromatic carbocycles. The van der Waals surface area contributed by atoms with E-state index in [1.54, 1.807) is 6.20 Å². The van der Waals surface area contributed by atoms with Gasteiger partial charge in [0, 0.05) is 38.3 Å². The van der Waals surface area contributed by atoms with Gasteiger partial charge >= 0.3 is 0 Å². The Hall–Kier alpha value is -1.33. The van der Waals surface area contributed by atoms with Gasteiger partial charge in [0.15, 0.2) is 0 Å². The smallest absolute Gasteiger partial charge is 0.225 e. The fourth-order valence-electron chi connectivity index (χ4n) is 2.95. The number of halogens is 1. The summed E-state index contributed by atoms with van der Waals surface area (Å²) in [6.07, 6.45) is 3.45. The number of pyridine rings is 1.